The SMILES string of the molecule is COCCOCCOCCOCCOCCOCCOCCOCCOCCOCCOCCOCC(=O)N(CCCNCCCC(=O)[C@H](O)[C@@H](O)[C@H](O)[C@H](O)CO[C@H]1O[C@H](CO[C@H]2O[C@H](CO)[C@@H](O)[C@H](O)[C@H]2O)[C@@H](O)[C@H](O)[C@H]1O)CCNC(=O)C=C(C)C=CC=C(C)C=CC1=C(C)CCCC1(C)C. The van der Waals surface area contributed by atoms with Gasteiger partial charge >= 0.3 is 0 Å². The maximum Gasteiger partial charge on any atom is 0.248 e. The highest BCUT2D eigenvalue weighted by Crippen LogP contribution is 2.41. The molecule has 33 heteroatoms. The Balaban J connectivity index is 1.32. The Labute approximate surface area is 612 Å². The van der Waals surface area contributed by atoms with Crippen molar-refractivity contribution < 1.29 is 146 Å². The molecule has 0 aromatic heterocycles. The van der Waals surface area contributed by atoms with Crippen molar-refractivity contribution in [2.24, 2.45) is 5.41 Å². The quantitative estimate of drug-likeness (QED) is 0.0173. The van der Waals surface area contributed by atoms with Crippen molar-refractivity contribution in [2.45, 2.75) is 159 Å². The maximum absolute atomic E-state index is 13.5. The molecule has 0 saturated carbocycles. The van der Waals surface area contributed by atoms with E-state index in [1.165, 1.54) is 23.6 Å². The summed E-state index contributed by atoms with van der Waals surface area (Å²) in [6.45, 7) is 18.6. The third-order valence-electron chi connectivity index (χ3n) is 16.9. The average molecular weight is 1500 g/mol. The lowest BCUT2D eigenvalue weighted by molar-refractivity contribution is -0.333. The normalized spacial score (nSPS) is 23.8. The molecule has 3 rings (SSSR count). The summed E-state index contributed by atoms with van der Waals surface area (Å²) in [4.78, 5) is 40.9. The minimum absolute atomic E-state index is 0.134. The molecule has 2 saturated heterocycles. The van der Waals surface area contributed by atoms with Gasteiger partial charge in [-0.25, -0.2) is 0 Å². The number of aliphatic hydroxyl groups excluding tert-OH is 11. The highest BCUT2D eigenvalue weighted by Gasteiger charge is 2.48. The molecular formula is C71H125N3O30. The third-order valence-corrected chi connectivity index (χ3v) is 16.9. The molecule has 14 atom stereocenters. The van der Waals surface area contributed by atoms with Crippen LogP contribution in [0.5, 0.6) is 0 Å². The molecule has 2 aliphatic heterocycles. The number of carbonyl (C=O) groups excluding carboxylic acids is 3. The van der Waals surface area contributed by atoms with Crippen LogP contribution in [-0.4, -0.2) is 376 Å². The van der Waals surface area contributed by atoms with Crippen LogP contribution in [0.15, 0.2) is 58.7 Å². The van der Waals surface area contributed by atoms with Gasteiger partial charge in [0.2, 0.25) is 11.8 Å². The Morgan fingerprint density at radius 1 is 0.577 bits per heavy atom. The number of amides is 2. The summed E-state index contributed by atoms with van der Waals surface area (Å²) in [5.41, 5.74) is 4.73. The molecule has 0 radical (unpaired) electrons. The molecule has 0 aromatic rings. The topological polar surface area (TPSA) is 449 Å². The zero-order chi connectivity index (χ0) is 76.3. The largest absolute Gasteiger partial charge is 0.394 e. The molecule has 2 fully saturated rings. The molecule has 1 aliphatic carbocycles. The van der Waals surface area contributed by atoms with Crippen molar-refractivity contribution in [1.29, 1.82) is 0 Å². The zero-order valence-corrected chi connectivity index (χ0v) is 61.8. The standard InChI is InChI=1S/C71H125N3O30/c1-50(15-16-53-52(3)13-8-17-71(53,4)5)11-7-12-51(2)45-58(78)73-20-22-74(59(79)49-100-44-43-99-42-41-98-40-39-97-38-37-96-36-35-95-34-33-94-32-31-93-30-29-92-28-27-91-26-25-90-24-23-89-6)21-10-19-72-18-9-14-54(76)60(80)64(84)61(81)55(77)47-101-69-68(88)66(86)63(83)57(104-69)48-102-70-67(87)65(85)62(82)56(46-75)103-70/h7,11-12,15-16,45,55-57,60-70,72,75,77,80-88H,8-10,13-14,17-44,46-49H2,1-6H3,(H,73,78)/t55-,56-,57-,60+,61-,62-,63-,64-,65+,66+,67-,68-,69+,70+/m1/s1. The number of aliphatic hydroxyl groups is 11. The van der Waals surface area contributed by atoms with Crippen LogP contribution in [0.2, 0.25) is 0 Å². The molecule has 3 aliphatic rings. The number of nitrogens with zero attached hydrogens (tertiary/aromatic N) is 1. The van der Waals surface area contributed by atoms with Crippen LogP contribution in [-0.2, 0) is 90.2 Å². The van der Waals surface area contributed by atoms with Crippen molar-refractivity contribution in [3.8, 4) is 0 Å². The summed E-state index contributed by atoms with van der Waals surface area (Å²) < 4.78 is 87.1. The van der Waals surface area contributed by atoms with Gasteiger partial charge in [0, 0.05) is 39.2 Å². The predicted octanol–water partition coefficient (Wildman–Crippen LogP) is -2.29. The van der Waals surface area contributed by atoms with Gasteiger partial charge in [0.05, 0.1) is 165 Å². The van der Waals surface area contributed by atoms with Crippen LogP contribution in [0.3, 0.4) is 0 Å². The van der Waals surface area contributed by atoms with E-state index in [2.05, 4.69) is 43.6 Å². The van der Waals surface area contributed by atoms with Crippen LogP contribution in [0.25, 0.3) is 0 Å². The average Bonchev–Trinajstić information content (AvgIpc) is 0.815. The maximum atomic E-state index is 13.5. The van der Waals surface area contributed by atoms with E-state index in [0.717, 1.165) is 24.0 Å². The van der Waals surface area contributed by atoms with E-state index in [4.69, 9.17) is 75.8 Å². The van der Waals surface area contributed by atoms with Gasteiger partial charge in [-0.05, 0) is 82.5 Å². The lowest BCUT2D eigenvalue weighted by Gasteiger charge is -2.42. The summed E-state index contributed by atoms with van der Waals surface area (Å²) in [6.07, 6.45) is -10.3. The number of hydrogen-bond donors (Lipinski definition) is 13. The monoisotopic (exact) mass is 1500 g/mol. The van der Waals surface area contributed by atoms with Gasteiger partial charge in [-0.1, -0.05) is 55.4 Å². The summed E-state index contributed by atoms with van der Waals surface area (Å²) >= 11 is 0. The molecule has 2 heterocycles. The molecule has 0 bridgehead atoms. The van der Waals surface area contributed by atoms with Crippen LogP contribution >= 0.6 is 0 Å². The Kier molecular flexibility index (Phi) is 52.0. The first-order valence-electron chi connectivity index (χ1n) is 36.0. The molecular weight excluding hydrogens is 1370 g/mol. The number of carbonyl (C=O) groups is 3. The Hall–Kier alpha value is -3.81. The first kappa shape index (κ1) is 94.4. The summed E-state index contributed by atoms with van der Waals surface area (Å²) in [7, 11) is 1.63. The Morgan fingerprint density at radius 3 is 1.55 bits per heavy atom. The summed E-state index contributed by atoms with van der Waals surface area (Å²) in [5, 5.41) is 120. The molecule has 0 unspecified atom stereocenters. The molecule has 104 heavy (non-hydrogen) atoms. The fourth-order valence-electron chi connectivity index (χ4n) is 10.7. The minimum atomic E-state index is -2.20. The van der Waals surface area contributed by atoms with Gasteiger partial charge in [0.25, 0.3) is 0 Å². The number of rotatable bonds is 62. The van der Waals surface area contributed by atoms with E-state index in [1.807, 2.05) is 32.1 Å². The predicted molar refractivity (Wildman–Crippen MR) is 375 cm³/mol. The Bertz CT molecular complexity index is 2420. The molecule has 13 N–H and O–H groups in total. The van der Waals surface area contributed by atoms with Crippen LogP contribution < -0.4 is 10.6 Å². The lowest BCUT2D eigenvalue weighted by Crippen LogP contribution is -2.62. The molecule has 604 valence electrons. The van der Waals surface area contributed by atoms with Crippen LogP contribution in [0.4, 0.5) is 0 Å². The van der Waals surface area contributed by atoms with Crippen LogP contribution in [0.1, 0.15) is 73.1 Å². The Morgan fingerprint density at radius 2 is 1.05 bits per heavy atom. The first-order valence-corrected chi connectivity index (χ1v) is 36.0. The van der Waals surface area contributed by atoms with Gasteiger partial charge in [0.15, 0.2) is 18.4 Å². The smallest absolute Gasteiger partial charge is 0.248 e. The second-order valence-electron chi connectivity index (χ2n) is 25.8. The first-order chi connectivity index (χ1) is 50.0. The van der Waals surface area contributed by atoms with Crippen molar-refractivity contribution in [2.75, 3.05) is 212 Å². The van der Waals surface area contributed by atoms with Gasteiger partial charge in [-0.2, -0.15) is 0 Å². The molecule has 0 aromatic carbocycles. The second-order valence-corrected chi connectivity index (χ2v) is 25.8. The van der Waals surface area contributed by atoms with E-state index >= 15 is 0 Å². The second kappa shape index (κ2) is 57.3. The molecule has 2 amide bonds. The number of allylic oxidation sites excluding steroid dienone is 9. The van der Waals surface area contributed by atoms with E-state index in [0.29, 0.717) is 145 Å². The van der Waals surface area contributed by atoms with Gasteiger partial charge in [-0.15, -0.1) is 0 Å². The van der Waals surface area contributed by atoms with E-state index in [9.17, 15) is 70.6 Å². The summed E-state index contributed by atoms with van der Waals surface area (Å²) in [6, 6.07) is 0. The molecule has 0 spiro atoms. The molecule has 33 nitrogen and oxygen atoms in total. The fraction of sp³-hybridized carbons (Fsp3) is 0.817. The van der Waals surface area contributed by atoms with Crippen molar-refractivity contribution in [3.63, 3.8) is 0 Å². The third kappa shape index (κ3) is 40.0. The minimum Gasteiger partial charge on any atom is -0.394 e. The van der Waals surface area contributed by atoms with Crippen molar-refractivity contribution in [3.05, 3.63) is 58.7 Å². The van der Waals surface area contributed by atoms with Crippen molar-refractivity contribution in [1.82, 2.24) is 15.5 Å². The van der Waals surface area contributed by atoms with E-state index in [-0.39, 0.29) is 76.1 Å². The van der Waals surface area contributed by atoms with Gasteiger partial charge < -0.3 is 147 Å². The lowest BCUT2D eigenvalue weighted by atomic mass is 9.72. The van der Waals surface area contributed by atoms with Gasteiger partial charge in [0.1, 0.15) is 79.9 Å². The number of Topliss-reactive ketones (excluding diaryl/α,β-unsaturated/α-hetero) is 1. The van der Waals surface area contributed by atoms with Crippen molar-refractivity contribution >= 4 is 17.6 Å². The number of ketones is 1. The van der Waals surface area contributed by atoms with E-state index < -0.39 is 111 Å². The van der Waals surface area contributed by atoms with Gasteiger partial charge in [-0.3, -0.25) is 14.4 Å². The summed E-state index contributed by atoms with van der Waals surface area (Å²) in [5.74, 6) is -1.51. The number of ether oxygens (including phenoxy) is 16. The zero-order valence-electron chi connectivity index (χ0n) is 61.8. The number of methoxy groups -OCH3 is 1. The van der Waals surface area contributed by atoms with E-state index in [1.54, 1.807) is 12.0 Å². The number of hydrogen-bond acceptors (Lipinski definition) is 31. The van der Waals surface area contributed by atoms with Crippen LogP contribution in [0, 0.1) is 5.41 Å². The number of nitrogens with one attached hydrogen (secondary N) is 2. The fourth-order valence-corrected chi connectivity index (χ4v) is 10.7. The highest BCUT2D eigenvalue weighted by atomic mass is 16.7. The highest BCUT2D eigenvalue weighted by molar-refractivity contribution is 5.88.